The molecule has 5 rings (SSSR count). The van der Waals surface area contributed by atoms with Crippen LogP contribution in [0.1, 0.15) is 58.1 Å². The summed E-state index contributed by atoms with van der Waals surface area (Å²) in [5.74, 6) is 0.853. The Morgan fingerprint density at radius 2 is 1.87 bits per heavy atom. The van der Waals surface area contributed by atoms with Gasteiger partial charge in [0.25, 0.3) is 0 Å². The minimum atomic E-state index is -0.0839. The molecule has 1 spiro atoms. The van der Waals surface area contributed by atoms with Gasteiger partial charge in [0.05, 0.1) is 11.4 Å². The molecule has 2 amide bonds. The maximum Gasteiger partial charge on any atom is 0.324 e. The van der Waals surface area contributed by atoms with Crippen LogP contribution in [0, 0.1) is 11.3 Å². The quantitative estimate of drug-likeness (QED) is 0.735. The predicted octanol–water partition coefficient (Wildman–Crippen LogP) is 3.90. The molecule has 0 bridgehead atoms. The van der Waals surface area contributed by atoms with Gasteiger partial charge in [0, 0.05) is 44.5 Å². The predicted molar refractivity (Wildman–Crippen MR) is 122 cm³/mol. The third kappa shape index (κ3) is 4.21. The number of fused-ring (bicyclic) bond motifs is 1. The van der Waals surface area contributed by atoms with E-state index in [2.05, 4.69) is 34.7 Å². The van der Waals surface area contributed by atoms with Crippen molar-refractivity contribution in [3.8, 4) is 0 Å². The fraction of sp³-hybridized carbons (Fsp3) is 0.760. The lowest BCUT2D eigenvalue weighted by atomic mass is 9.77. The van der Waals surface area contributed by atoms with Crippen LogP contribution in [0.5, 0.6) is 0 Å². The molecule has 6 nitrogen and oxygen atoms in total. The zero-order valence-corrected chi connectivity index (χ0v) is 19.3. The third-order valence-corrected chi connectivity index (χ3v) is 8.32. The van der Waals surface area contributed by atoms with Crippen molar-refractivity contribution in [2.75, 3.05) is 57.4 Å². The monoisotopic (exact) mass is 426 g/mol. The molecule has 0 saturated carbocycles. The second-order valence-electron chi connectivity index (χ2n) is 11.0. The van der Waals surface area contributed by atoms with Gasteiger partial charge in [-0.25, -0.2) is 4.79 Å². The lowest BCUT2D eigenvalue weighted by molar-refractivity contribution is 0.0542. The number of piperidine rings is 1. The van der Waals surface area contributed by atoms with Gasteiger partial charge in [-0.05, 0) is 81.6 Å². The van der Waals surface area contributed by atoms with Crippen LogP contribution in [0.25, 0.3) is 0 Å². The number of nitrogens with zero attached hydrogens (tertiary/aromatic N) is 4. The topological polar surface area (TPSA) is 48.9 Å². The normalized spacial score (nSPS) is 25.9. The van der Waals surface area contributed by atoms with Gasteiger partial charge in [-0.1, -0.05) is 13.8 Å². The van der Waals surface area contributed by atoms with Crippen molar-refractivity contribution in [3.05, 3.63) is 24.0 Å². The summed E-state index contributed by atoms with van der Waals surface area (Å²) in [5, 5.41) is 0. The van der Waals surface area contributed by atoms with Crippen molar-refractivity contribution in [3.63, 3.8) is 0 Å². The number of ether oxygens (including phenoxy) is 1. The number of amides is 2. The highest BCUT2D eigenvalue weighted by molar-refractivity contribution is 5.94. The van der Waals surface area contributed by atoms with E-state index in [1.807, 2.05) is 17.2 Å². The number of hydrogen-bond acceptors (Lipinski definition) is 4. The molecular formula is C25H38N4O2. The van der Waals surface area contributed by atoms with Crippen LogP contribution in [0.4, 0.5) is 10.5 Å². The van der Waals surface area contributed by atoms with E-state index in [-0.39, 0.29) is 11.4 Å². The highest BCUT2D eigenvalue weighted by Gasteiger charge is 2.46. The van der Waals surface area contributed by atoms with E-state index in [9.17, 15) is 4.79 Å². The minimum Gasteiger partial charge on any atom is -0.381 e. The largest absolute Gasteiger partial charge is 0.381 e. The molecule has 31 heavy (non-hydrogen) atoms. The van der Waals surface area contributed by atoms with Gasteiger partial charge >= 0.3 is 6.03 Å². The number of hydrogen-bond donors (Lipinski definition) is 0. The third-order valence-electron chi connectivity index (χ3n) is 8.32. The summed E-state index contributed by atoms with van der Waals surface area (Å²) in [5.41, 5.74) is 2.30. The minimum absolute atomic E-state index is 0.0839. The number of rotatable bonds is 3. The number of likely N-dealkylation sites (tertiary alicyclic amines) is 2. The Morgan fingerprint density at radius 1 is 1.13 bits per heavy atom. The smallest absolute Gasteiger partial charge is 0.324 e. The van der Waals surface area contributed by atoms with Gasteiger partial charge in [-0.15, -0.1) is 0 Å². The van der Waals surface area contributed by atoms with Crippen LogP contribution in [0.3, 0.4) is 0 Å². The van der Waals surface area contributed by atoms with Gasteiger partial charge in [-0.2, -0.15) is 0 Å². The van der Waals surface area contributed by atoms with E-state index in [4.69, 9.17) is 4.74 Å². The molecule has 0 N–H and O–H groups in total. The SMILES string of the molecule is CC1(C)CN(C(=O)N2CCC3(CCN(CCC4CCOCC4)CC3)C2)c2cccnc21. The van der Waals surface area contributed by atoms with Crippen LogP contribution >= 0.6 is 0 Å². The summed E-state index contributed by atoms with van der Waals surface area (Å²) < 4.78 is 5.50. The van der Waals surface area contributed by atoms with Crippen LogP contribution in [-0.2, 0) is 10.2 Å². The molecule has 3 fully saturated rings. The average Bonchev–Trinajstić information content (AvgIpc) is 3.33. The maximum absolute atomic E-state index is 13.5. The van der Waals surface area contributed by atoms with Gasteiger partial charge in [0.1, 0.15) is 0 Å². The van der Waals surface area contributed by atoms with Gasteiger partial charge in [0.15, 0.2) is 0 Å². The number of carbonyl (C=O) groups excluding carboxylic acids is 1. The first-order valence-electron chi connectivity index (χ1n) is 12.3. The highest BCUT2D eigenvalue weighted by atomic mass is 16.5. The molecule has 0 aromatic carbocycles. The Labute approximate surface area is 186 Å². The lowest BCUT2D eigenvalue weighted by Gasteiger charge is -2.40. The van der Waals surface area contributed by atoms with Crippen molar-refractivity contribution in [2.24, 2.45) is 11.3 Å². The van der Waals surface area contributed by atoms with E-state index in [1.165, 1.54) is 51.7 Å². The summed E-state index contributed by atoms with van der Waals surface area (Å²) in [4.78, 5) is 24.8. The zero-order chi connectivity index (χ0) is 21.5. The summed E-state index contributed by atoms with van der Waals surface area (Å²) in [6.45, 7) is 12.4. The summed E-state index contributed by atoms with van der Waals surface area (Å²) in [6, 6.07) is 4.18. The number of anilines is 1. The highest BCUT2D eigenvalue weighted by Crippen LogP contribution is 2.43. The van der Waals surface area contributed by atoms with Crippen molar-refractivity contribution in [1.29, 1.82) is 0 Å². The van der Waals surface area contributed by atoms with Gasteiger partial charge < -0.3 is 14.5 Å². The van der Waals surface area contributed by atoms with Crippen LogP contribution in [0.2, 0.25) is 0 Å². The molecule has 5 heterocycles. The van der Waals surface area contributed by atoms with Crippen molar-refractivity contribution >= 4 is 11.7 Å². The molecule has 0 radical (unpaired) electrons. The molecule has 6 heteroatoms. The second kappa shape index (κ2) is 8.36. The zero-order valence-electron chi connectivity index (χ0n) is 19.3. The molecule has 1 aromatic rings. The molecule has 4 aliphatic heterocycles. The molecule has 4 aliphatic rings. The van der Waals surface area contributed by atoms with E-state index in [1.54, 1.807) is 0 Å². The first-order valence-corrected chi connectivity index (χ1v) is 12.3. The first-order chi connectivity index (χ1) is 15.0. The molecular weight excluding hydrogens is 388 g/mol. The Morgan fingerprint density at radius 3 is 2.65 bits per heavy atom. The lowest BCUT2D eigenvalue weighted by Crippen LogP contribution is -2.46. The summed E-state index contributed by atoms with van der Waals surface area (Å²) in [6.07, 6.45) is 9.25. The van der Waals surface area contributed by atoms with Crippen LogP contribution in [0.15, 0.2) is 18.3 Å². The van der Waals surface area contributed by atoms with E-state index in [0.29, 0.717) is 5.41 Å². The summed E-state index contributed by atoms with van der Waals surface area (Å²) in [7, 11) is 0. The molecule has 3 saturated heterocycles. The number of aromatic nitrogens is 1. The van der Waals surface area contributed by atoms with Crippen LogP contribution < -0.4 is 4.90 Å². The summed E-state index contributed by atoms with van der Waals surface area (Å²) >= 11 is 0. The Kier molecular flexibility index (Phi) is 5.72. The van der Waals surface area contributed by atoms with Gasteiger partial charge in [0.2, 0.25) is 0 Å². The average molecular weight is 427 g/mol. The second-order valence-corrected chi connectivity index (χ2v) is 11.0. The maximum atomic E-state index is 13.5. The van der Waals surface area contributed by atoms with Crippen LogP contribution in [-0.4, -0.2) is 73.3 Å². The molecule has 0 unspecified atom stereocenters. The van der Waals surface area contributed by atoms with Crippen molar-refractivity contribution in [2.45, 2.75) is 57.8 Å². The number of carbonyl (C=O) groups is 1. The standard InChI is InChI=1S/C25H38N4O2/c1-24(2)18-29(21-4-3-11-26-22(21)24)23(30)28-15-10-25(19-28)8-13-27(14-9-25)12-5-20-6-16-31-17-7-20/h3-4,11,20H,5-10,12-19H2,1-2H3. The Balaban J connectivity index is 1.15. The number of pyridine rings is 1. The van der Waals surface area contributed by atoms with Crippen molar-refractivity contribution in [1.82, 2.24) is 14.8 Å². The van der Waals surface area contributed by atoms with E-state index < -0.39 is 0 Å². The first kappa shape index (κ1) is 21.2. The van der Waals surface area contributed by atoms with Gasteiger partial charge in [-0.3, -0.25) is 9.88 Å². The fourth-order valence-electron chi connectivity index (χ4n) is 6.19. The molecule has 0 atom stereocenters. The van der Waals surface area contributed by atoms with E-state index in [0.717, 1.165) is 56.6 Å². The Bertz CT molecular complexity index is 796. The molecule has 0 aliphatic carbocycles. The molecule has 170 valence electrons. The van der Waals surface area contributed by atoms with Crippen molar-refractivity contribution < 1.29 is 9.53 Å². The van der Waals surface area contributed by atoms with E-state index >= 15 is 0 Å². The molecule has 1 aromatic heterocycles. The Hall–Kier alpha value is -1.66. The fourth-order valence-corrected chi connectivity index (χ4v) is 6.19. The number of urea groups is 1.